The number of aliphatic hydroxyl groups excluding tert-OH is 1. The van der Waals surface area contributed by atoms with Crippen LogP contribution in [0.3, 0.4) is 0 Å². The summed E-state index contributed by atoms with van der Waals surface area (Å²) < 4.78 is 0. The van der Waals surface area contributed by atoms with Crippen LogP contribution >= 0.6 is 0 Å². The van der Waals surface area contributed by atoms with E-state index >= 15 is 0 Å². The Morgan fingerprint density at radius 1 is 1.09 bits per heavy atom. The Hall–Kier alpha value is -0.860. The number of benzene rings is 1. The Balaban J connectivity index is 1.85. The molecule has 124 valence electrons. The van der Waals surface area contributed by atoms with Gasteiger partial charge in [0.05, 0.1) is 6.10 Å². The number of piperidine rings is 1. The molecule has 0 radical (unpaired) electrons. The number of aliphatic hydroxyl groups is 1. The largest absolute Gasteiger partial charge is 0.388 e. The highest BCUT2D eigenvalue weighted by Crippen LogP contribution is 2.25. The number of likely N-dealkylation sites (tertiary alicyclic amines) is 1. The van der Waals surface area contributed by atoms with Gasteiger partial charge >= 0.3 is 0 Å². The fourth-order valence-corrected chi connectivity index (χ4v) is 3.73. The molecule has 0 amide bonds. The van der Waals surface area contributed by atoms with Crippen LogP contribution in [0.2, 0.25) is 0 Å². The molecule has 2 rings (SSSR count). The third kappa shape index (κ3) is 4.82. The van der Waals surface area contributed by atoms with Crippen molar-refractivity contribution in [1.29, 1.82) is 0 Å². The van der Waals surface area contributed by atoms with Gasteiger partial charge in [0, 0.05) is 19.6 Å². The summed E-state index contributed by atoms with van der Waals surface area (Å²) in [7, 11) is 0. The van der Waals surface area contributed by atoms with E-state index in [2.05, 4.69) is 56.9 Å². The molecule has 0 aliphatic carbocycles. The molecule has 2 nitrogen and oxygen atoms in total. The number of nitrogens with zero attached hydrogens (tertiary/aromatic N) is 1. The van der Waals surface area contributed by atoms with Crippen LogP contribution in [0.5, 0.6) is 0 Å². The topological polar surface area (TPSA) is 23.5 Å². The lowest BCUT2D eigenvalue weighted by Crippen LogP contribution is -2.39. The smallest absolute Gasteiger partial charge is 0.0802 e. The molecule has 1 aliphatic rings. The van der Waals surface area contributed by atoms with Crippen molar-refractivity contribution in [3.05, 3.63) is 35.4 Å². The van der Waals surface area contributed by atoms with E-state index < -0.39 is 0 Å². The van der Waals surface area contributed by atoms with Crippen LogP contribution in [0, 0.1) is 11.8 Å². The molecule has 4 unspecified atom stereocenters. The van der Waals surface area contributed by atoms with E-state index in [0.717, 1.165) is 36.8 Å². The Morgan fingerprint density at radius 3 is 2.18 bits per heavy atom. The fourth-order valence-electron chi connectivity index (χ4n) is 3.73. The summed E-state index contributed by atoms with van der Waals surface area (Å²) in [6.45, 7) is 12.5. The van der Waals surface area contributed by atoms with E-state index in [0.29, 0.717) is 5.92 Å². The third-order valence-corrected chi connectivity index (χ3v) is 5.17. The third-order valence-electron chi connectivity index (χ3n) is 5.17. The average Bonchev–Trinajstić information content (AvgIpc) is 2.51. The first-order valence-corrected chi connectivity index (χ1v) is 8.99. The maximum atomic E-state index is 10.4. The molecule has 0 saturated carbocycles. The molecule has 1 saturated heterocycles. The van der Waals surface area contributed by atoms with Crippen molar-refractivity contribution in [3.63, 3.8) is 0 Å². The summed E-state index contributed by atoms with van der Waals surface area (Å²) in [5, 5.41) is 10.4. The maximum Gasteiger partial charge on any atom is 0.0802 e. The van der Waals surface area contributed by atoms with E-state index in [-0.39, 0.29) is 6.10 Å². The number of rotatable bonds is 6. The van der Waals surface area contributed by atoms with Gasteiger partial charge in [-0.05, 0) is 48.1 Å². The van der Waals surface area contributed by atoms with E-state index in [1.165, 1.54) is 25.1 Å². The summed E-state index contributed by atoms with van der Waals surface area (Å²) >= 11 is 0. The minimum Gasteiger partial charge on any atom is -0.388 e. The van der Waals surface area contributed by atoms with Crippen molar-refractivity contribution in [3.8, 4) is 0 Å². The van der Waals surface area contributed by atoms with E-state index in [1.807, 2.05) is 0 Å². The van der Waals surface area contributed by atoms with E-state index in [9.17, 15) is 5.11 Å². The highest BCUT2D eigenvalue weighted by Gasteiger charge is 2.22. The minimum atomic E-state index is -0.335. The zero-order valence-electron chi connectivity index (χ0n) is 14.8. The highest BCUT2D eigenvalue weighted by atomic mass is 16.3. The zero-order chi connectivity index (χ0) is 16.1. The molecule has 1 N–H and O–H groups in total. The lowest BCUT2D eigenvalue weighted by Gasteiger charge is -2.35. The molecule has 1 aromatic carbocycles. The van der Waals surface area contributed by atoms with Crippen molar-refractivity contribution in [2.24, 2.45) is 11.8 Å². The second-order valence-electron chi connectivity index (χ2n) is 7.49. The fraction of sp³-hybridized carbons (Fsp3) is 0.700. The summed E-state index contributed by atoms with van der Waals surface area (Å²) in [6.07, 6.45) is 3.00. The predicted octanol–water partition coefficient (Wildman–Crippen LogP) is 4.60. The Kier molecular flexibility index (Phi) is 6.46. The lowest BCUT2D eigenvalue weighted by atomic mass is 9.91. The first-order chi connectivity index (χ1) is 10.5. The second kappa shape index (κ2) is 8.12. The first-order valence-electron chi connectivity index (χ1n) is 8.99. The number of hydrogen-bond acceptors (Lipinski definition) is 2. The van der Waals surface area contributed by atoms with Crippen LogP contribution in [-0.4, -0.2) is 29.6 Å². The molecule has 4 atom stereocenters. The van der Waals surface area contributed by atoms with Crippen LogP contribution in [0.15, 0.2) is 24.3 Å². The van der Waals surface area contributed by atoms with Gasteiger partial charge in [-0.2, -0.15) is 0 Å². The Labute approximate surface area is 136 Å². The highest BCUT2D eigenvalue weighted by molar-refractivity contribution is 5.26. The molecule has 1 heterocycles. The minimum absolute atomic E-state index is 0.335. The summed E-state index contributed by atoms with van der Waals surface area (Å²) in [5.74, 6) is 2.17. The van der Waals surface area contributed by atoms with Gasteiger partial charge in [0.2, 0.25) is 0 Å². The lowest BCUT2D eigenvalue weighted by molar-refractivity contribution is 0.103. The van der Waals surface area contributed by atoms with Crippen LogP contribution in [0.4, 0.5) is 0 Å². The number of hydrogen-bond donors (Lipinski definition) is 1. The maximum absolute atomic E-state index is 10.4. The van der Waals surface area contributed by atoms with Gasteiger partial charge in [-0.1, -0.05) is 52.0 Å². The molecule has 0 spiro atoms. The summed E-state index contributed by atoms with van der Waals surface area (Å²) in [6, 6.07) is 8.57. The van der Waals surface area contributed by atoms with Crippen molar-refractivity contribution in [2.75, 3.05) is 19.6 Å². The molecular weight excluding hydrogens is 270 g/mol. The Morgan fingerprint density at radius 2 is 1.64 bits per heavy atom. The van der Waals surface area contributed by atoms with Gasteiger partial charge in [0.25, 0.3) is 0 Å². The van der Waals surface area contributed by atoms with Crippen LogP contribution in [-0.2, 0) is 0 Å². The molecular formula is C20H33NO. The van der Waals surface area contributed by atoms with Gasteiger partial charge in [-0.15, -0.1) is 0 Å². The van der Waals surface area contributed by atoms with Gasteiger partial charge in [-0.25, -0.2) is 0 Å². The molecule has 0 aromatic heterocycles. The average molecular weight is 303 g/mol. The molecule has 2 heteroatoms. The molecule has 0 bridgehead atoms. The molecule has 22 heavy (non-hydrogen) atoms. The quantitative estimate of drug-likeness (QED) is 0.830. The molecule has 1 aliphatic heterocycles. The van der Waals surface area contributed by atoms with Crippen molar-refractivity contribution >= 4 is 0 Å². The predicted molar refractivity (Wildman–Crippen MR) is 94.1 cm³/mol. The molecule has 1 aromatic rings. The van der Waals surface area contributed by atoms with Gasteiger partial charge in [0.15, 0.2) is 0 Å². The van der Waals surface area contributed by atoms with Gasteiger partial charge < -0.3 is 10.0 Å². The zero-order valence-corrected chi connectivity index (χ0v) is 14.8. The van der Waals surface area contributed by atoms with E-state index in [1.54, 1.807) is 0 Å². The van der Waals surface area contributed by atoms with Crippen LogP contribution in [0.1, 0.15) is 70.1 Å². The Bertz CT molecular complexity index is 432. The van der Waals surface area contributed by atoms with Crippen molar-refractivity contribution in [2.45, 2.75) is 59.0 Å². The van der Waals surface area contributed by atoms with Crippen LogP contribution in [0.25, 0.3) is 0 Å². The van der Waals surface area contributed by atoms with Gasteiger partial charge in [-0.3, -0.25) is 0 Å². The SMILES string of the molecule is CCC(C)c1ccc(C(O)CCN2CC(C)CC(C)C2)cc1. The molecule has 1 fully saturated rings. The summed E-state index contributed by atoms with van der Waals surface area (Å²) in [4.78, 5) is 2.52. The second-order valence-corrected chi connectivity index (χ2v) is 7.49. The summed E-state index contributed by atoms with van der Waals surface area (Å²) in [5.41, 5.74) is 2.43. The monoisotopic (exact) mass is 303 g/mol. The van der Waals surface area contributed by atoms with Gasteiger partial charge in [0.1, 0.15) is 0 Å². The first kappa shape index (κ1) is 17.5. The van der Waals surface area contributed by atoms with Crippen LogP contribution < -0.4 is 0 Å². The standard InChI is InChI=1S/C20H33NO/c1-5-17(4)18-6-8-19(9-7-18)20(22)10-11-21-13-15(2)12-16(3)14-21/h6-9,15-17,20,22H,5,10-14H2,1-4H3. The van der Waals surface area contributed by atoms with E-state index in [4.69, 9.17) is 0 Å². The normalized spacial score (nSPS) is 25.9. The van der Waals surface area contributed by atoms with Crippen molar-refractivity contribution < 1.29 is 5.11 Å². The van der Waals surface area contributed by atoms with Crippen molar-refractivity contribution in [1.82, 2.24) is 4.90 Å².